The summed E-state index contributed by atoms with van der Waals surface area (Å²) in [5.41, 5.74) is 4.50. The Morgan fingerprint density at radius 2 is 1.54 bits per heavy atom. The molecule has 0 saturated carbocycles. The molecule has 9 heteroatoms. The monoisotopic (exact) mass is 555 g/mol. The minimum atomic E-state index is -0.469. The second-order valence-corrected chi connectivity index (χ2v) is 11.0. The molecular weight excluding hydrogens is 518 g/mol. The number of nitrogens with one attached hydrogen (secondary N) is 1. The van der Waals surface area contributed by atoms with Crippen LogP contribution in [0.25, 0.3) is 0 Å². The molecule has 0 aromatic heterocycles. The molecule has 2 saturated heterocycles. The normalized spacial score (nSPS) is 16.0. The van der Waals surface area contributed by atoms with Crippen LogP contribution in [-0.2, 0) is 6.42 Å². The molecule has 0 atom stereocenters. The van der Waals surface area contributed by atoms with Gasteiger partial charge in [0.2, 0.25) is 0 Å². The third kappa shape index (κ3) is 6.51. The molecule has 5 rings (SSSR count). The van der Waals surface area contributed by atoms with E-state index in [0.29, 0.717) is 30.3 Å². The molecule has 0 spiro atoms. The number of carbonyl (C=O) groups is 2. The van der Waals surface area contributed by atoms with Crippen molar-refractivity contribution in [2.24, 2.45) is 5.92 Å². The molecule has 2 aliphatic rings. The number of carbonyl (C=O) groups excluding carboxylic acids is 2. The number of hydrogen-bond donors (Lipinski definition) is 1. The highest BCUT2D eigenvalue weighted by Gasteiger charge is 2.25. The fourth-order valence-corrected chi connectivity index (χ4v) is 5.53. The van der Waals surface area contributed by atoms with Gasteiger partial charge in [-0.2, -0.15) is 0 Å². The maximum Gasteiger partial charge on any atom is 0.270 e. The molecule has 0 bridgehead atoms. The molecule has 2 heterocycles. The van der Waals surface area contributed by atoms with Crippen LogP contribution in [0.4, 0.5) is 22.7 Å². The van der Waals surface area contributed by atoms with Gasteiger partial charge in [-0.25, -0.2) is 0 Å². The largest absolute Gasteiger partial charge is 0.371 e. The van der Waals surface area contributed by atoms with E-state index in [1.807, 2.05) is 53.4 Å². The number of nitrogens with zero attached hydrogens (tertiary/aromatic N) is 4. The van der Waals surface area contributed by atoms with Gasteiger partial charge in [-0.15, -0.1) is 0 Å². The van der Waals surface area contributed by atoms with E-state index in [2.05, 4.69) is 29.0 Å². The van der Waals surface area contributed by atoms with Gasteiger partial charge < -0.3 is 20.0 Å². The van der Waals surface area contributed by atoms with Crippen molar-refractivity contribution >= 4 is 34.6 Å². The van der Waals surface area contributed by atoms with Gasteiger partial charge in [0.1, 0.15) is 0 Å². The van der Waals surface area contributed by atoms with Crippen LogP contribution in [0.3, 0.4) is 0 Å². The lowest BCUT2D eigenvalue weighted by Crippen LogP contribution is -2.48. The highest BCUT2D eigenvalue weighted by Crippen LogP contribution is 2.30. The van der Waals surface area contributed by atoms with Gasteiger partial charge in [0, 0.05) is 68.3 Å². The lowest BCUT2D eigenvalue weighted by molar-refractivity contribution is -0.384. The summed E-state index contributed by atoms with van der Waals surface area (Å²) in [6, 6.07) is 20.0. The van der Waals surface area contributed by atoms with E-state index in [4.69, 9.17) is 0 Å². The lowest BCUT2D eigenvalue weighted by Gasteiger charge is -2.36. The smallest absolute Gasteiger partial charge is 0.270 e. The number of non-ortho nitro benzene ring substituents is 1. The number of rotatable bonds is 7. The van der Waals surface area contributed by atoms with E-state index in [1.54, 1.807) is 6.07 Å². The highest BCUT2D eigenvalue weighted by molar-refractivity contribution is 6.08. The summed E-state index contributed by atoms with van der Waals surface area (Å²) in [6.45, 7) is 8.66. The van der Waals surface area contributed by atoms with Crippen LogP contribution in [0.15, 0.2) is 66.7 Å². The fraction of sp³-hybridized carbons (Fsp3) is 0.375. The average Bonchev–Trinajstić information content (AvgIpc) is 3.01. The van der Waals surface area contributed by atoms with E-state index in [0.717, 1.165) is 62.4 Å². The molecule has 0 aliphatic carbocycles. The third-order valence-electron chi connectivity index (χ3n) is 8.23. The van der Waals surface area contributed by atoms with Crippen molar-refractivity contribution in [2.75, 3.05) is 54.4 Å². The van der Waals surface area contributed by atoms with Crippen LogP contribution < -0.4 is 15.1 Å². The van der Waals surface area contributed by atoms with Gasteiger partial charge in [-0.1, -0.05) is 26.0 Å². The fourth-order valence-electron chi connectivity index (χ4n) is 5.53. The molecule has 214 valence electrons. The number of nitro groups is 1. The summed E-state index contributed by atoms with van der Waals surface area (Å²) in [6.07, 6.45) is 2.99. The van der Waals surface area contributed by atoms with Crippen LogP contribution in [0.5, 0.6) is 0 Å². The van der Waals surface area contributed by atoms with Gasteiger partial charge in [0.15, 0.2) is 0 Å². The van der Waals surface area contributed by atoms with E-state index in [1.165, 1.54) is 17.7 Å². The minimum absolute atomic E-state index is 0.0601. The summed E-state index contributed by atoms with van der Waals surface area (Å²) < 4.78 is 0. The van der Waals surface area contributed by atoms with Crippen molar-refractivity contribution in [1.82, 2.24) is 4.90 Å². The number of piperidine rings is 1. The molecule has 3 aromatic carbocycles. The van der Waals surface area contributed by atoms with E-state index in [9.17, 15) is 19.7 Å². The van der Waals surface area contributed by atoms with Crippen molar-refractivity contribution in [1.29, 1.82) is 0 Å². The van der Waals surface area contributed by atoms with Crippen molar-refractivity contribution < 1.29 is 14.5 Å². The Labute approximate surface area is 240 Å². The standard InChI is InChI=1S/C32H37N5O4/c1-3-24-4-6-25(7-5-24)32(39)36-20-18-34(19-21-36)27-10-8-26(9-11-27)33-31(38)29-22-28(37(40)41)12-13-30(29)35-16-14-23(2)15-17-35/h4-13,22-23H,3,14-21H2,1-2H3,(H,33,38). The molecular formula is C32H37N5O4. The second kappa shape index (κ2) is 12.4. The van der Waals surface area contributed by atoms with Crippen LogP contribution >= 0.6 is 0 Å². The van der Waals surface area contributed by atoms with Gasteiger partial charge in [0.05, 0.1) is 16.2 Å². The Bertz CT molecular complexity index is 1390. The predicted molar refractivity (Wildman–Crippen MR) is 162 cm³/mol. The van der Waals surface area contributed by atoms with Crippen LogP contribution in [-0.4, -0.2) is 60.9 Å². The van der Waals surface area contributed by atoms with Gasteiger partial charge in [-0.05, 0) is 73.2 Å². The van der Waals surface area contributed by atoms with Crippen LogP contribution in [0, 0.1) is 16.0 Å². The topological polar surface area (TPSA) is 99.0 Å². The molecule has 0 unspecified atom stereocenters. The first-order chi connectivity index (χ1) is 19.8. The maximum atomic E-state index is 13.3. The lowest BCUT2D eigenvalue weighted by atomic mass is 9.98. The Kier molecular flexibility index (Phi) is 8.52. The van der Waals surface area contributed by atoms with Crippen molar-refractivity contribution in [3.8, 4) is 0 Å². The third-order valence-corrected chi connectivity index (χ3v) is 8.23. The first-order valence-electron chi connectivity index (χ1n) is 14.4. The first-order valence-corrected chi connectivity index (χ1v) is 14.4. The quantitative estimate of drug-likeness (QED) is 0.301. The number of amides is 2. The average molecular weight is 556 g/mol. The summed E-state index contributed by atoms with van der Waals surface area (Å²) in [5.74, 6) is 0.320. The Balaban J connectivity index is 1.22. The zero-order chi connectivity index (χ0) is 28.9. The van der Waals surface area contributed by atoms with Gasteiger partial charge in [0.25, 0.3) is 17.5 Å². The van der Waals surface area contributed by atoms with Crippen molar-refractivity contribution in [3.05, 3.63) is 93.5 Å². The number of nitro benzene ring substituents is 1. The Morgan fingerprint density at radius 1 is 0.878 bits per heavy atom. The summed E-state index contributed by atoms with van der Waals surface area (Å²) in [4.78, 5) is 43.5. The number of piperazine rings is 1. The number of hydrogen-bond acceptors (Lipinski definition) is 6. The van der Waals surface area contributed by atoms with Crippen LogP contribution in [0.1, 0.15) is 53.0 Å². The zero-order valence-corrected chi connectivity index (χ0v) is 23.7. The molecule has 41 heavy (non-hydrogen) atoms. The summed E-state index contributed by atoms with van der Waals surface area (Å²) in [5, 5.41) is 14.4. The summed E-state index contributed by atoms with van der Waals surface area (Å²) >= 11 is 0. The first kappa shape index (κ1) is 28.1. The molecule has 3 aromatic rings. The Hall–Kier alpha value is -4.40. The number of anilines is 3. The maximum absolute atomic E-state index is 13.3. The molecule has 2 amide bonds. The Morgan fingerprint density at radius 3 is 2.15 bits per heavy atom. The number of benzene rings is 3. The molecule has 2 fully saturated rings. The molecule has 0 radical (unpaired) electrons. The number of aryl methyl sites for hydroxylation is 1. The molecule has 9 nitrogen and oxygen atoms in total. The van der Waals surface area contributed by atoms with E-state index in [-0.39, 0.29) is 17.5 Å². The van der Waals surface area contributed by atoms with E-state index < -0.39 is 4.92 Å². The second-order valence-electron chi connectivity index (χ2n) is 11.0. The van der Waals surface area contributed by atoms with Crippen molar-refractivity contribution in [3.63, 3.8) is 0 Å². The molecule has 1 N–H and O–H groups in total. The van der Waals surface area contributed by atoms with E-state index >= 15 is 0 Å². The minimum Gasteiger partial charge on any atom is -0.371 e. The van der Waals surface area contributed by atoms with Gasteiger partial charge in [-0.3, -0.25) is 19.7 Å². The molecule has 2 aliphatic heterocycles. The summed E-state index contributed by atoms with van der Waals surface area (Å²) in [7, 11) is 0. The predicted octanol–water partition coefficient (Wildman–Crippen LogP) is 5.61. The van der Waals surface area contributed by atoms with Gasteiger partial charge >= 0.3 is 0 Å². The van der Waals surface area contributed by atoms with Crippen molar-refractivity contribution in [2.45, 2.75) is 33.1 Å². The SMILES string of the molecule is CCc1ccc(C(=O)N2CCN(c3ccc(NC(=O)c4cc([N+](=O)[O-])ccc4N4CCC(C)CC4)cc3)CC2)cc1. The highest BCUT2D eigenvalue weighted by atomic mass is 16.6. The zero-order valence-electron chi connectivity index (χ0n) is 23.7. The van der Waals surface area contributed by atoms with Crippen LogP contribution in [0.2, 0.25) is 0 Å².